The standard InChI is InChI=1S/C25H33N7O4/c1-2-30-11-13-31(14-12-30)18-7-5-17(6-8-18)23(34)27-25(9-3-4-10-25)24(35)32-15-19(28-29-26)22-21(32)20(33)16-36-22/h5-8,19,21-22H,2-4,9-16H2,1H3,(H,27,34)/t19-,21-,22-/m1/s1. The van der Waals surface area contributed by atoms with Gasteiger partial charge in [-0.3, -0.25) is 14.4 Å². The van der Waals surface area contributed by atoms with Crippen molar-refractivity contribution in [1.29, 1.82) is 0 Å². The number of hydrogen-bond acceptors (Lipinski definition) is 7. The molecule has 3 atom stereocenters. The van der Waals surface area contributed by atoms with Crippen LogP contribution in [-0.2, 0) is 14.3 Å². The highest BCUT2D eigenvalue weighted by Gasteiger charge is 2.56. The summed E-state index contributed by atoms with van der Waals surface area (Å²) in [6.45, 7) is 7.19. The number of nitrogens with one attached hydrogen (secondary N) is 1. The van der Waals surface area contributed by atoms with Gasteiger partial charge < -0.3 is 24.8 Å². The molecule has 3 aliphatic heterocycles. The van der Waals surface area contributed by atoms with Crippen LogP contribution in [0.4, 0.5) is 5.69 Å². The Bertz CT molecular complexity index is 1060. The lowest BCUT2D eigenvalue weighted by atomic mass is 9.93. The molecule has 36 heavy (non-hydrogen) atoms. The Morgan fingerprint density at radius 3 is 2.50 bits per heavy atom. The molecule has 1 aromatic carbocycles. The fourth-order valence-corrected chi connectivity index (χ4v) is 6.09. The molecule has 1 aliphatic carbocycles. The molecule has 2 amide bonds. The van der Waals surface area contributed by atoms with E-state index in [-0.39, 0.29) is 30.7 Å². The van der Waals surface area contributed by atoms with Crippen LogP contribution in [-0.4, -0.2) is 97.0 Å². The van der Waals surface area contributed by atoms with E-state index in [1.807, 2.05) is 24.3 Å². The first-order chi connectivity index (χ1) is 17.5. The summed E-state index contributed by atoms with van der Waals surface area (Å²) >= 11 is 0. The molecule has 1 N–H and O–H groups in total. The number of carbonyl (C=O) groups is 3. The van der Waals surface area contributed by atoms with E-state index in [0.717, 1.165) is 51.3 Å². The molecule has 3 saturated heterocycles. The Labute approximate surface area is 210 Å². The molecule has 0 radical (unpaired) electrons. The summed E-state index contributed by atoms with van der Waals surface area (Å²) in [7, 11) is 0. The van der Waals surface area contributed by atoms with E-state index in [9.17, 15) is 14.4 Å². The molecule has 4 fully saturated rings. The van der Waals surface area contributed by atoms with Gasteiger partial charge in [0, 0.05) is 48.9 Å². The smallest absolute Gasteiger partial charge is 0.252 e. The number of azide groups is 1. The van der Waals surface area contributed by atoms with Gasteiger partial charge in [0.1, 0.15) is 18.2 Å². The van der Waals surface area contributed by atoms with Gasteiger partial charge in [0.2, 0.25) is 5.91 Å². The van der Waals surface area contributed by atoms with E-state index >= 15 is 0 Å². The van der Waals surface area contributed by atoms with E-state index in [0.29, 0.717) is 18.4 Å². The van der Waals surface area contributed by atoms with Crippen molar-refractivity contribution in [3.63, 3.8) is 0 Å². The van der Waals surface area contributed by atoms with Gasteiger partial charge in [-0.2, -0.15) is 0 Å². The molecule has 11 heteroatoms. The average molecular weight is 496 g/mol. The number of ketones is 1. The predicted molar refractivity (Wildman–Crippen MR) is 133 cm³/mol. The summed E-state index contributed by atoms with van der Waals surface area (Å²) in [4.78, 5) is 48.8. The highest BCUT2D eigenvalue weighted by atomic mass is 16.5. The molecular formula is C25H33N7O4. The molecular weight excluding hydrogens is 462 g/mol. The molecule has 0 unspecified atom stereocenters. The number of piperazine rings is 1. The minimum Gasteiger partial charge on any atom is -0.369 e. The maximum atomic E-state index is 13.8. The van der Waals surface area contributed by atoms with Crippen LogP contribution >= 0.6 is 0 Å². The van der Waals surface area contributed by atoms with Crippen LogP contribution in [0.1, 0.15) is 43.0 Å². The number of likely N-dealkylation sites (N-methyl/N-ethyl adjacent to an activating group) is 1. The Kier molecular flexibility index (Phi) is 6.87. The summed E-state index contributed by atoms with van der Waals surface area (Å²) in [6, 6.07) is 6.16. The average Bonchev–Trinajstić information content (AvgIpc) is 3.62. The Morgan fingerprint density at radius 2 is 1.86 bits per heavy atom. The lowest BCUT2D eigenvalue weighted by Gasteiger charge is -2.36. The molecule has 192 valence electrons. The third-order valence-electron chi connectivity index (χ3n) is 8.15. The zero-order valence-corrected chi connectivity index (χ0v) is 20.6. The fourth-order valence-electron chi connectivity index (χ4n) is 6.09. The zero-order valence-electron chi connectivity index (χ0n) is 20.6. The number of anilines is 1. The summed E-state index contributed by atoms with van der Waals surface area (Å²) in [6.07, 6.45) is 2.00. The SMILES string of the molecule is CCN1CCN(c2ccc(C(=O)NC3(C(=O)N4C[C@@H](N=[N+]=[N-])[C@H]5OCC(=O)[C@H]54)CCCC3)cc2)CC1. The number of nitrogens with zero attached hydrogens (tertiary/aromatic N) is 6. The zero-order chi connectivity index (χ0) is 25.3. The second kappa shape index (κ2) is 10.1. The molecule has 1 aromatic rings. The topological polar surface area (TPSA) is 131 Å². The van der Waals surface area contributed by atoms with Crippen LogP contribution in [0.25, 0.3) is 10.4 Å². The predicted octanol–water partition coefficient (Wildman–Crippen LogP) is 1.73. The number of rotatable bonds is 6. The van der Waals surface area contributed by atoms with Gasteiger partial charge in [-0.25, -0.2) is 0 Å². The first-order valence-corrected chi connectivity index (χ1v) is 12.9. The second-order valence-electron chi connectivity index (χ2n) is 10.1. The van der Waals surface area contributed by atoms with Crippen molar-refractivity contribution in [3.05, 3.63) is 40.3 Å². The van der Waals surface area contributed by atoms with Gasteiger partial charge in [-0.1, -0.05) is 24.9 Å². The summed E-state index contributed by atoms with van der Waals surface area (Å²) in [5, 5.41) is 6.80. The van der Waals surface area contributed by atoms with E-state index in [4.69, 9.17) is 10.3 Å². The first-order valence-electron chi connectivity index (χ1n) is 12.9. The van der Waals surface area contributed by atoms with Gasteiger partial charge in [-0.05, 0) is 49.2 Å². The van der Waals surface area contributed by atoms with Crippen LogP contribution in [0.15, 0.2) is 29.4 Å². The van der Waals surface area contributed by atoms with E-state index < -0.39 is 23.7 Å². The van der Waals surface area contributed by atoms with Gasteiger partial charge >= 0.3 is 0 Å². The van der Waals surface area contributed by atoms with Gasteiger partial charge in [0.05, 0.1) is 12.1 Å². The van der Waals surface area contributed by atoms with Crippen LogP contribution in [0, 0.1) is 0 Å². The Morgan fingerprint density at radius 1 is 1.17 bits per heavy atom. The number of likely N-dealkylation sites (tertiary alicyclic amines) is 1. The minimum absolute atomic E-state index is 0.101. The van der Waals surface area contributed by atoms with E-state index in [1.54, 1.807) is 0 Å². The molecule has 1 saturated carbocycles. The normalized spacial score (nSPS) is 27.6. The van der Waals surface area contributed by atoms with Crippen molar-refractivity contribution >= 4 is 23.3 Å². The van der Waals surface area contributed by atoms with Crippen molar-refractivity contribution in [2.75, 3.05) is 50.8 Å². The van der Waals surface area contributed by atoms with Crippen LogP contribution < -0.4 is 10.2 Å². The van der Waals surface area contributed by atoms with Crippen molar-refractivity contribution in [2.24, 2.45) is 5.11 Å². The molecule has 3 heterocycles. The van der Waals surface area contributed by atoms with Gasteiger partial charge in [0.25, 0.3) is 5.91 Å². The van der Waals surface area contributed by atoms with Crippen LogP contribution in [0.5, 0.6) is 0 Å². The molecule has 4 aliphatic rings. The Balaban J connectivity index is 1.30. The minimum atomic E-state index is -1.08. The third kappa shape index (κ3) is 4.42. The van der Waals surface area contributed by atoms with Crippen LogP contribution in [0.2, 0.25) is 0 Å². The summed E-state index contributed by atoms with van der Waals surface area (Å²) < 4.78 is 5.55. The highest BCUT2D eigenvalue weighted by Crippen LogP contribution is 2.37. The summed E-state index contributed by atoms with van der Waals surface area (Å²) in [5.74, 6) is -0.786. The number of fused-ring (bicyclic) bond motifs is 1. The first kappa shape index (κ1) is 24.5. The molecule has 5 rings (SSSR count). The number of Topliss-reactive ketones (excluding diaryl/α,β-unsaturated/α-hetero) is 1. The van der Waals surface area contributed by atoms with Gasteiger partial charge in [-0.15, -0.1) is 0 Å². The van der Waals surface area contributed by atoms with Crippen molar-refractivity contribution < 1.29 is 19.1 Å². The molecule has 0 bridgehead atoms. The highest BCUT2D eigenvalue weighted by molar-refractivity contribution is 6.01. The Hall–Kier alpha value is -3.14. The van der Waals surface area contributed by atoms with Crippen molar-refractivity contribution in [3.8, 4) is 0 Å². The monoisotopic (exact) mass is 495 g/mol. The third-order valence-corrected chi connectivity index (χ3v) is 8.15. The number of carbonyl (C=O) groups excluding carboxylic acids is 3. The second-order valence-corrected chi connectivity index (χ2v) is 10.1. The number of hydrogen-bond donors (Lipinski definition) is 1. The van der Waals surface area contributed by atoms with E-state index in [1.165, 1.54) is 4.90 Å². The maximum absolute atomic E-state index is 13.8. The van der Waals surface area contributed by atoms with Crippen molar-refractivity contribution in [2.45, 2.75) is 56.3 Å². The van der Waals surface area contributed by atoms with Crippen LogP contribution in [0.3, 0.4) is 0 Å². The number of amides is 2. The van der Waals surface area contributed by atoms with E-state index in [2.05, 4.69) is 32.1 Å². The fraction of sp³-hybridized carbons (Fsp3) is 0.640. The van der Waals surface area contributed by atoms with Crippen molar-refractivity contribution in [1.82, 2.24) is 15.1 Å². The number of benzene rings is 1. The van der Waals surface area contributed by atoms with Gasteiger partial charge in [0.15, 0.2) is 5.78 Å². The lowest BCUT2D eigenvalue weighted by molar-refractivity contribution is -0.142. The largest absolute Gasteiger partial charge is 0.369 e. The lowest BCUT2D eigenvalue weighted by Crippen LogP contribution is -2.60. The molecule has 0 aromatic heterocycles. The molecule has 0 spiro atoms. The number of ether oxygens (including phenoxy) is 1. The molecule has 11 nitrogen and oxygen atoms in total. The quantitative estimate of drug-likeness (QED) is 0.363. The maximum Gasteiger partial charge on any atom is 0.252 e. The summed E-state index contributed by atoms with van der Waals surface area (Å²) in [5.41, 5.74) is 9.43.